The number of halogens is 1. The van der Waals surface area contributed by atoms with Gasteiger partial charge in [-0.15, -0.1) is 0 Å². The van der Waals surface area contributed by atoms with Crippen molar-refractivity contribution < 1.29 is 0 Å². The Hall–Kier alpha value is -1.65. The van der Waals surface area contributed by atoms with E-state index in [2.05, 4.69) is 29.5 Å². The third-order valence-corrected chi connectivity index (χ3v) is 4.05. The molecule has 3 rings (SSSR count). The second-order valence-corrected chi connectivity index (χ2v) is 6.97. The highest BCUT2D eigenvalue weighted by Crippen LogP contribution is 2.40. The first-order chi connectivity index (χ1) is 11.1. The Morgan fingerprint density at radius 3 is 2.83 bits per heavy atom. The van der Waals surface area contributed by atoms with E-state index in [9.17, 15) is 0 Å². The zero-order valence-corrected chi connectivity index (χ0v) is 14.4. The second-order valence-electron chi connectivity index (χ2n) is 6.54. The average molecular weight is 331 g/mol. The van der Waals surface area contributed by atoms with Gasteiger partial charge < -0.3 is 10.6 Å². The standard InChI is InChI=1S/C18H23ClN4/c1-12(2)9-20-10-14-11-21-18(23-17(14)13-6-7-13)22-16-5-3-4-15(19)8-16/h3-5,8,11-13,20H,6-7,9-10H2,1-2H3,(H,21,22,23). The number of hydrogen-bond acceptors (Lipinski definition) is 4. The van der Waals surface area contributed by atoms with Crippen LogP contribution in [-0.4, -0.2) is 16.5 Å². The fourth-order valence-corrected chi connectivity index (χ4v) is 2.71. The van der Waals surface area contributed by atoms with Crippen molar-refractivity contribution >= 4 is 23.2 Å². The molecule has 1 fully saturated rings. The van der Waals surface area contributed by atoms with Gasteiger partial charge in [0.15, 0.2) is 0 Å². The van der Waals surface area contributed by atoms with E-state index in [1.165, 1.54) is 24.1 Å². The van der Waals surface area contributed by atoms with Gasteiger partial charge in [-0.3, -0.25) is 0 Å². The summed E-state index contributed by atoms with van der Waals surface area (Å²) in [6, 6.07) is 7.60. The predicted octanol–water partition coefficient (Wildman–Crippen LogP) is 4.50. The summed E-state index contributed by atoms with van der Waals surface area (Å²) in [7, 11) is 0. The molecular weight excluding hydrogens is 308 g/mol. The van der Waals surface area contributed by atoms with E-state index in [0.717, 1.165) is 18.8 Å². The van der Waals surface area contributed by atoms with Crippen LogP contribution in [0.4, 0.5) is 11.6 Å². The van der Waals surface area contributed by atoms with Gasteiger partial charge in [0, 0.05) is 34.9 Å². The molecule has 23 heavy (non-hydrogen) atoms. The van der Waals surface area contributed by atoms with Crippen molar-refractivity contribution in [2.75, 3.05) is 11.9 Å². The summed E-state index contributed by atoms with van der Waals surface area (Å²) in [5.74, 6) is 1.87. The Bertz CT molecular complexity index is 668. The molecule has 2 N–H and O–H groups in total. The first-order valence-corrected chi connectivity index (χ1v) is 8.58. The van der Waals surface area contributed by atoms with Crippen molar-refractivity contribution in [3.8, 4) is 0 Å². The molecule has 122 valence electrons. The van der Waals surface area contributed by atoms with Crippen molar-refractivity contribution in [1.82, 2.24) is 15.3 Å². The normalized spacial score (nSPS) is 14.3. The first kappa shape index (κ1) is 16.2. The summed E-state index contributed by atoms with van der Waals surface area (Å²) in [6.45, 7) is 6.26. The SMILES string of the molecule is CC(C)CNCc1cnc(Nc2cccc(Cl)c2)nc1C1CC1. The summed E-state index contributed by atoms with van der Waals surface area (Å²) in [5, 5.41) is 7.43. The monoisotopic (exact) mass is 330 g/mol. The fraction of sp³-hybridized carbons (Fsp3) is 0.444. The van der Waals surface area contributed by atoms with Crippen LogP contribution in [0.2, 0.25) is 5.02 Å². The third-order valence-electron chi connectivity index (χ3n) is 3.81. The van der Waals surface area contributed by atoms with Crippen molar-refractivity contribution in [1.29, 1.82) is 0 Å². The smallest absolute Gasteiger partial charge is 0.227 e. The van der Waals surface area contributed by atoms with E-state index in [1.54, 1.807) is 0 Å². The van der Waals surface area contributed by atoms with Crippen LogP contribution in [0, 0.1) is 5.92 Å². The van der Waals surface area contributed by atoms with E-state index >= 15 is 0 Å². The molecule has 2 aromatic rings. The Kier molecular flexibility index (Phi) is 5.13. The second kappa shape index (κ2) is 7.28. The van der Waals surface area contributed by atoms with Gasteiger partial charge in [-0.25, -0.2) is 9.97 Å². The van der Waals surface area contributed by atoms with Crippen LogP contribution in [0.15, 0.2) is 30.5 Å². The summed E-state index contributed by atoms with van der Waals surface area (Å²) in [6.07, 6.45) is 4.40. The van der Waals surface area contributed by atoms with Crippen LogP contribution in [0.1, 0.15) is 43.9 Å². The van der Waals surface area contributed by atoms with E-state index in [4.69, 9.17) is 16.6 Å². The van der Waals surface area contributed by atoms with Gasteiger partial charge in [0.25, 0.3) is 0 Å². The molecule has 0 saturated heterocycles. The topological polar surface area (TPSA) is 49.8 Å². The molecule has 0 radical (unpaired) electrons. The molecule has 0 aliphatic heterocycles. The maximum atomic E-state index is 6.02. The lowest BCUT2D eigenvalue weighted by molar-refractivity contribution is 0.549. The van der Waals surface area contributed by atoms with Crippen LogP contribution in [0.25, 0.3) is 0 Å². The minimum Gasteiger partial charge on any atom is -0.324 e. The molecule has 4 nitrogen and oxygen atoms in total. The van der Waals surface area contributed by atoms with E-state index < -0.39 is 0 Å². The number of nitrogens with zero attached hydrogens (tertiary/aromatic N) is 2. The quantitative estimate of drug-likeness (QED) is 0.785. The lowest BCUT2D eigenvalue weighted by Crippen LogP contribution is -2.20. The van der Waals surface area contributed by atoms with Crippen LogP contribution in [0.3, 0.4) is 0 Å². The highest BCUT2D eigenvalue weighted by atomic mass is 35.5. The molecule has 1 aromatic heterocycles. The maximum absolute atomic E-state index is 6.02. The van der Waals surface area contributed by atoms with E-state index in [0.29, 0.717) is 22.8 Å². The van der Waals surface area contributed by atoms with Crippen LogP contribution < -0.4 is 10.6 Å². The molecular formula is C18H23ClN4. The van der Waals surface area contributed by atoms with E-state index in [-0.39, 0.29) is 0 Å². The molecule has 1 aliphatic rings. The van der Waals surface area contributed by atoms with Gasteiger partial charge in [-0.05, 0) is 43.5 Å². The number of hydrogen-bond donors (Lipinski definition) is 2. The average Bonchev–Trinajstić information content (AvgIpc) is 3.33. The van der Waals surface area contributed by atoms with Gasteiger partial charge in [-0.1, -0.05) is 31.5 Å². The zero-order chi connectivity index (χ0) is 16.2. The molecule has 1 aromatic carbocycles. The number of aromatic nitrogens is 2. The first-order valence-electron chi connectivity index (χ1n) is 8.21. The predicted molar refractivity (Wildman–Crippen MR) is 95.3 cm³/mol. The lowest BCUT2D eigenvalue weighted by Gasteiger charge is -2.12. The van der Waals surface area contributed by atoms with Gasteiger partial charge >= 0.3 is 0 Å². The highest BCUT2D eigenvalue weighted by Gasteiger charge is 2.28. The van der Waals surface area contributed by atoms with Gasteiger partial charge in [0.05, 0.1) is 5.69 Å². The molecule has 0 spiro atoms. The molecule has 0 unspecified atom stereocenters. The minimum atomic E-state index is 0.591. The Morgan fingerprint density at radius 2 is 2.13 bits per heavy atom. The van der Waals surface area contributed by atoms with Crippen molar-refractivity contribution in [2.24, 2.45) is 5.92 Å². The molecule has 0 bridgehead atoms. The van der Waals surface area contributed by atoms with Crippen molar-refractivity contribution in [2.45, 2.75) is 39.2 Å². The number of rotatable bonds is 7. The lowest BCUT2D eigenvalue weighted by atomic mass is 10.1. The molecule has 1 aliphatic carbocycles. The fourth-order valence-electron chi connectivity index (χ4n) is 2.52. The summed E-state index contributed by atoms with van der Waals surface area (Å²) in [5.41, 5.74) is 3.30. The maximum Gasteiger partial charge on any atom is 0.227 e. The number of benzene rings is 1. The number of anilines is 2. The van der Waals surface area contributed by atoms with Crippen LogP contribution >= 0.6 is 11.6 Å². The van der Waals surface area contributed by atoms with Crippen molar-refractivity contribution in [3.05, 3.63) is 46.7 Å². The summed E-state index contributed by atoms with van der Waals surface area (Å²) < 4.78 is 0. The van der Waals surface area contributed by atoms with Crippen LogP contribution in [0.5, 0.6) is 0 Å². The zero-order valence-electron chi connectivity index (χ0n) is 13.6. The largest absolute Gasteiger partial charge is 0.324 e. The molecule has 1 saturated carbocycles. The summed E-state index contributed by atoms with van der Waals surface area (Å²) >= 11 is 6.02. The molecule has 0 amide bonds. The highest BCUT2D eigenvalue weighted by molar-refractivity contribution is 6.30. The van der Waals surface area contributed by atoms with Gasteiger partial charge in [0.2, 0.25) is 5.95 Å². The van der Waals surface area contributed by atoms with Crippen molar-refractivity contribution in [3.63, 3.8) is 0 Å². The summed E-state index contributed by atoms with van der Waals surface area (Å²) in [4.78, 5) is 9.22. The minimum absolute atomic E-state index is 0.591. The van der Waals surface area contributed by atoms with Crippen LogP contribution in [-0.2, 0) is 6.54 Å². The van der Waals surface area contributed by atoms with Gasteiger partial charge in [0.1, 0.15) is 0 Å². The Labute approximate surface area is 142 Å². The molecule has 0 atom stereocenters. The Balaban J connectivity index is 1.74. The Morgan fingerprint density at radius 1 is 1.30 bits per heavy atom. The molecule has 1 heterocycles. The molecule has 5 heteroatoms. The van der Waals surface area contributed by atoms with Gasteiger partial charge in [-0.2, -0.15) is 0 Å². The number of nitrogens with one attached hydrogen (secondary N) is 2. The third kappa shape index (κ3) is 4.66. The van der Waals surface area contributed by atoms with E-state index in [1.807, 2.05) is 30.5 Å².